The molecule has 0 radical (unpaired) electrons. The number of amides is 1. The van der Waals surface area contributed by atoms with Gasteiger partial charge in [-0.1, -0.05) is 24.5 Å². The van der Waals surface area contributed by atoms with E-state index in [1.54, 1.807) is 25.6 Å². The topological polar surface area (TPSA) is 92.7 Å². The Kier molecular flexibility index (Phi) is 6.29. The van der Waals surface area contributed by atoms with E-state index in [1.807, 2.05) is 6.08 Å². The molecule has 1 saturated carbocycles. The van der Waals surface area contributed by atoms with E-state index in [0.717, 1.165) is 31.3 Å². The highest BCUT2D eigenvalue weighted by atomic mass is 32.2. The number of carbonyl (C=O) groups is 3. The summed E-state index contributed by atoms with van der Waals surface area (Å²) in [7, 11) is 0. The van der Waals surface area contributed by atoms with Crippen LogP contribution in [0.1, 0.15) is 52.4 Å². The summed E-state index contributed by atoms with van der Waals surface area (Å²) in [6, 6.07) is 0. The van der Waals surface area contributed by atoms with Crippen molar-refractivity contribution in [1.82, 2.24) is 5.32 Å². The van der Waals surface area contributed by atoms with Crippen LogP contribution in [0, 0.1) is 17.8 Å². The quantitative estimate of drug-likeness (QED) is 0.550. The number of thioether (sulfide) groups is 1. The summed E-state index contributed by atoms with van der Waals surface area (Å²) in [5.74, 6) is -2.95. The standard InChI is InChI=1S/C20H27NO5S/c1-3-26-20(25)16-12-8-4-5-10-14(12)27-18(16)21-17(22)13-9-6-7-11(2)15(13)19(23)24/h7,12-15H,3-6,8-10H2,1-2H3,(H,21,22)(H,23,24)/t12-,13+,14-,15-/m0/s1. The van der Waals surface area contributed by atoms with Crippen LogP contribution in [0.5, 0.6) is 0 Å². The largest absolute Gasteiger partial charge is 0.481 e. The molecular weight excluding hydrogens is 366 g/mol. The van der Waals surface area contributed by atoms with Crippen LogP contribution in [-0.4, -0.2) is 34.8 Å². The van der Waals surface area contributed by atoms with E-state index in [9.17, 15) is 19.5 Å². The van der Waals surface area contributed by atoms with E-state index in [4.69, 9.17) is 4.74 Å². The molecule has 0 aromatic heterocycles. The van der Waals surface area contributed by atoms with Crippen LogP contribution in [0.25, 0.3) is 0 Å². The molecule has 27 heavy (non-hydrogen) atoms. The van der Waals surface area contributed by atoms with Gasteiger partial charge < -0.3 is 15.2 Å². The number of carbonyl (C=O) groups excluding carboxylic acids is 2. The number of aliphatic carboxylic acids is 1. The van der Waals surface area contributed by atoms with Gasteiger partial charge >= 0.3 is 11.9 Å². The van der Waals surface area contributed by atoms with Gasteiger partial charge in [0.2, 0.25) is 5.91 Å². The van der Waals surface area contributed by atoms with Crippen LogP contribution in [-0.2, 0) is 19.1 Å². The molecule has 6 nitrogen and oxygen atoms in total. The van der Waals surface area contributed by atoms with Crippen LogP contribution in [0.15, 0.2) is 22.3 Å². The van der Waals surface area contributed by atoms with Crippen molar-refractivity contribution in [3.05, 3.63) is 22.3 Å². The number of hydrogen-bond donors (Lipinski definition) is 2. The Balaban J connectivity index is 1.83. The van der Waals surface area contributed by atoms with Gasteiger partial charge in [-0.05, 0) is 39.5 Å². The van der Waals surface area contributed by atoms with Crippen LogP contribution in [0.2, 0.25) is 0 Å². The van der Waals surface area contributed by atoms with Crippen molar-refractivity contribution >= 4 is 29.6 Å². The summed E-state index contributed by atoms with van der Waals surface area (Å²) < 4.78 is 5.24. The minimum atomic E-state index is -0.976. The van der Waals surface area contributed by atoms with Gasteiger partial charge in [0.1, 0.15) is 0 Å². The summed E-state index contributed by atoms with van der Waals surface area (Å²) in [6.07, 6.45) is 7.22. The smallest absolute Gasteiger partial charge is 0.336 e. The van der Waals surface area contributed by atoms with Gasteiger partial charge in [0.05, 0.1) is 29.0 Å². The summed E-state index contributed by atoms with van der Waals surface area (Å²) >= 11 is 1.54. The highest BCUT2D eigenvalue weighted by Gasteiger charge is 2.43. The highest BCUT2D eigenvalue weighted by molar-refractivity contribution is 8.04. The van der Waals surface area contributed by atoms with E-state index in [-0.39, 0.29) is 23.0 Å². The number of carboxylic acid groups (broad SMARTS) is 1. The summed E-state index contributed by atoms with van der Waals surface area (Å²) in [5, 5.41) is 13.3. The monoisotopic (exact) mass is 393 g/mol. The van der Waals surface area contributed by atoms with E-state index in [0.29, 0.717) is 30.1 Å². The number of esters is 1. The molecular formula is C20H27NO5S. The number of fused-ring (bicyclic) bond motifs is 1. The van der Waals surface area contributed by atoms with Crippen molar-refractivity contribution in [3.63, 3.8) is 0 Å². The first-order valence-corrected chi connectivity index (χ1v) is 10.6. The Bertz CT molecular complexity index is 698. The molecule has 0 spiro atoms. The van der Waals surface area contributed by atoms with Crippen molar-refractivity contribution in [3.8, 4) is 0 Å². The van der Waals surface area contributed by atoms with E-state index in [2.05, 4.69) is 5.32 Å². The molecule has 0 aromatic carbocycles. The number of rotatable bonds is 5. The lowest BCUT2D eigenvalue weighted by Crippen LogP contribution is -2.39. The van der Waals surface area contributed by atoms with Crippen molar-refractivity contribution < 1.29 is 24.2 Å². The Morgan fingerprint density at radius 1 is 1.26 bits per heavy atom. The molecule has 4 atom stereocenters. The molecule has 0 aromatic rings. The van der Waals surface area contributed by atoms with Gasteiger partial charge in [-0.3, -0.25) is 9.59 Å². The SMILES string of the molecule is CCOC(=O)C1=C(NC(=O)[C@@H]2CCC=C(C)[C@@H]2C(=O)O)S[C@H]2CCCC[C@H]12. The Hall–Kier alpha value is -1.76. The number of allylic oxidation sites excluding steroid dienone is 1. The minimum Gasteiger partial charge on any atom is -0.481 e. The first-order valence-electron chi connectivity index (χ1n) is 9.72. The Labute approximate surface area is 163 Å². The fourth-order valence-electron chi connectivity index (χ4n) is 4.46. The predicted molar refractivity (Wildman–Crippen MR) is 103 cm³/mol. The van der Waals surface area contributed by atoms with Crippen molar-refractivity contribution in [2.45, 2.75) is 57.6 Å². The van der Waals surface area contributed by atoms with Gasteiger partial charge in [0, 0.05) is 11.2 Å². The third-order valence-corrected chi connectivity index (χ3v) is 7.18. The molecule has 3 rings (SSSR count). The van der Waals surface area contributed by atoms with Crippen LogP contribution in [0.4, 0.5) is 0 Å². The lowest BCUT2D eigenvalue weighted by atomic mass is 9.78. The maximum absolute atomic E-state index is 12.9. The van der Waals surface area contributed by atoms with E-state index >= 15 is 0 Å². The number of hydrogen-bond acceptors (Lipinski definition) is 5. The lowest BCUT2D eigenvalue weighted by Gasteiger charge is -2.27. The fraction of sp³-hybridized carbons (Fsp3) is 0.650. The molecule has 3 aliphatic rings. The zero-order valence-corrected chi connectivity index (χ0v) is 16.6. The van der Waals surface area contributed by atoms with Gasteiger partial charge in [0.25, 0.3) is 0 Å². The second-order valence-electron chi connectivity index (χ2n) is 7.45. The third-order valence-electron chi connectivity index (χ3n) is 5.76. The van der Waals surface area contributed by atoms with Gasteiger partial charge in [0.15, 0.2) is 0 Å². The molecule has 0 unspecified atom stereocenters. The molecule has 2 N–H and O–H groups in total. The molecule has 1 fully saturated rings. The first-order chi connectivity index (χ1) is 12.9. The van der Waals surface area contributed by atoms with Crippen molar-refractivity contribution in [2.75, 3.05) is 6.61 Å². The zero-order valence-electron chi connectivity index (χ0n) is 15.8. The number of nitrogens with one attached hydrogen (secondary N) is 1. The lowest BCUT2D eigenvalue weighted by molar-refractivity contribution is -0.146. The molecule has 1 amide bonds. The normalized spacial score (nSPS) is 30.4. The van der Waals surface area contributed by atoms with Crippen molar-refractivity contribution in [2.24, 2.45) is 17.8 Å². The predicted octanol–water partition coefficient (Wildman–Crippen LogP) is 3.24. The van der Waals surface area contributed by atoms with E-state index < -0.39 is 17.8 Å². The van der Waals surface area contributed by atoms with E-state index in [1.165, 1.54) is 0 Å². The minimum absolute atomic E-state index is 0.112. The summed E-state index contributed by atoms with van der Waals surface area (Å²) in [4.78, 5) is 37.2. The van der Waals surface area contributed by atoms with Crippen LogP contribution < -0.4 is 5.32 Å². The summed E-state index contributed by atoms with van der Waals surface area (Å²) in [6.45, 7) is 3.82. The average Bonchev–Trinajstić information content (AvgIpc) is 2.99. The molecule has 2 aliphatic carbocycles. The van der Waals surface area contributed by atoms with Crippen LogP contribution >= 0.6 is 11.8 Å². The molecule has 148 valence electrons. The second kappa shape index (κ2) is 8.50. The Morgan fingerprint density at radius 2 is 2.00 bits per heavy atom. The fourth-order valence-corrected chi connectivity index (χ4v) is 6.00. The molecule has 0 saturated heterocycles. The Morgan fingerprint density at radius 3 is 2.70 bits per heavy atom. The average molecular weight is 394 g/mol. The molecule has 1 aliphatic heterocycles. The van der Waals surface area contributed by atoms with Gasteiger partial charge in [-0.25, -0.2) is 4.79 Å². The third kappa shape index (κ3) is 4.08. The number of ether oxygens (including phenoxy) is 1. The van der Waals surface area contributed by atoms with Crippen LogP contribution in [0.3, 0.4) is 0 Å². The highest BCUT2D eigenvalue weighted by Crippen LogP contribution is 2.48. The van der Waals surface area contributed by atoms with Gasteiger partial charge in [-0.2, -0.15) is 0 Å². The molecule has 7 heteroatoms. The van der Waals surface area contributed by atoms with Crippen molar-refractivity contribution in [1.29, 1.82) is 0 Å². The zero-order chi connectivity index (χ0) is 19.6. The van der Waals surface area contributed by atoms with Gasteiger partial charge in [-0.15, -0.1) is 11.8 Å². The maximum Gasteiger partial charge on any atom is 0.336 e. The molecule has 1 heterocycles. The second-order valence-corrected chi connectivity index (χ2v) is 8.70. The maximum atomic E-state index is 12.9. The summed E-state index contributed by atoms with van der Waals surface area (Å²) in [5.41, 5.74) is 1.30. The first kappa shape index (κ1) is 20.0. The molecule has 0 bridgehead atoms. The number of carboxylic acids is 1.